The number of hydrogen-bond donors (Lipinski definition) is 0. The van der Waals surface area contributed by atoms with Crippen molar-refractivity contribution in [1.29, 1.82) is 0 Å². The van der Waals surface area contributed by atoms with Crippen molar-refractivity contribution < 1.29 is 19.9 Å². The van der Waals surface area contributed by atoms with Crippen LogP contribution >= 0.6 is 0 Å². The lowest BCUT2D eigenvalue weighted by Crippen LogP contribution is -2.41. The van der Waals surface area contributed by atoms with Gasteiger partial charge in [-0.2, -0.15) is 0 Å². The molecule has 0 amide bonds. The second-order valence-electron chi connectivity index (χ2n) is 8.26. The Kier molecular flexibility index (Phi) is 5.93. The Balaban J connectivity index is 1.54. The van der Waals surface area contributed by atoms with Crippen LogP contribution in [0.2, 0.25) is 0 Å². The van der Waals surface area contributed by atoms with Gasteiger partial charge in [0, 0.05) is 48.5 Å². The Labute approximate surface area is 188 Å². The van der Waals surface area contributed by atoms with Crippen LogP contribution in [0.1, 0.15) is 34.1 Å². The van der Waals surface area contributed by atoms with Crippen LogP contribution in [0.15, 0.2) is 110 Å². The van der Waals surface area contributed by atoms with Gasteiger partial charge >= 0.3 is 0 Å². The summed E-state index contributed by atoms with van der Waals surface area (Å²) in [4.78, 5) is 12.6. The molecule has 0 saturated heterocycles. The minimum absolute atomic E-state index is 0.405. The van der Waals surface area contributed by atoms with Crippen LogP contribution in [0.4, 0.5) is 0 Å². The lowest BCUT2D eigenvalue weighted by Gasteiger charge is -2.50. The fourth-order valence-corrected chi connectivity index (χ4v) is 4.88. The second-order valence-corrected chi connectivity index (χ2v) is 8.26. The van der Waals surface area contributed by atoms with Crippen LogP contribution < -0.4 is 19.9 Å². The maximum atomic E-state index is 3.18. The summed E-state index contributed by atoms with van der Waals surface area (Å²) >= 11 is 0. The van der Waals surface area contributed by atoms with E-state index in [4.69, 9.17) is 0 Å². The molecule has 0 unspecified atom stereocenters. The van der Waals surface area contributed by atoms with E-state index in [1.165, 1.54) is 22.3 Å². The van der Waals surface area contributed by atoms with E-state index < -0.39 is 0 Å². The van der Waals surface area contributed by atoms with Crippen molar-refractivity contribution in [2.45, 2.75) is 11.8 Å². The fraction of sp³-hybridized carbons (Fsp3) is 0.143. The Hall–Kier alpha value is -3.92. The summed E-state index contributed by atoms with van der Waals surface area (Å²) in [5.74, 6) is 1.64. The second kappa shape index (κ2) is 9.48. The summed E-state index contributed by atoms with van der Waals surface area (Å²) in [6, 6.07) is 17.3. The van der Waals surface area contributed by atoms with E-state index in [0.29, 0.717) is 23.7 Å². The monoisotopic (exact) mass is 420 g/mol. The van der Waals surface area contributed by atoms with Crippen molar-refractivity contribution in [3.63, 3.8) is 0 Å². The molecule has 1 saturated carbocycles. The van der Waals surface area contributed by atoms with Crippen LogP contribution in [-0.2, 0) is 0 Å². The average Bonchev–Trinajstić information content (AvgIpc) is 2.86. The van der Waals surface area contributed by atoms with Crippen molar-refractivity contribution in [3.8, 4) is 0 Å². The zero-order valence-electron chi connectivity index (χ0n) is 17.9. The Bertz CT molecular complexity index is 1080. The summed E-state index contributed by atoms with van der Waals surface area (Å²) in [6.07, 6.45) is 25.3. The van der Waals surface area contributed by atoms with E-state index in [-0.39, 0.29) is 0 Å². The topological polar surface area (TPSA) is 56.6 Å². The molecular formula is C28H28N4+4. The minimum Gasteiger partial charge on any atom is -0.218 e. The van der Waals surface area contributed by atoms with E-state index in [1.54, 1.807) is 0 Å². The largest absolute Gasteiger partial charge is 0.218 e. The number of H-pyrrole nitrogens is 4. The molecule has 156 valence electrons. The first-order valence-corrected chi connectivity index (χ1v) is 11.1. The van der Waals surface area contributed by atoms with Gasteiger partial charge in [-0.15, -0.1) is 0 Å². The third kappa shape index (κ3) is 4.26. The Morgan fingerprint density at radius 1 is 0.438 bits per heavy atom. The number of aromatic amines is 4. The quantitative estimate of drug-likeness (QED) is 0.459. The summed E-state index contributed by atoms with van der Waals surface area (Å²) in [5, 5.41) is 0. The minimum atomic E-state index is 0.405. The normalized spacial score (nSPS) is 22.8. The summed E-state index contributed by atoms with van der Waals surface area (Å²) in [5.41, 5.74) is 5.17. The number of allylic oxidation sites excluding steroid dienone is 2. The van der Waals surface area contributed by atoms with Gasteiger partial charge in [0.1, 0.15) is 0 Å². The van der Waals surface area contributed by atoms with Gasteiger partial charge in [0.15, 0.2) is 49.6 Å². The highest BCUT2D eigenvalue weighted by atomic mass is 14.6. The lowest BCUT2D eigenvalue weighted by molar-refractivity contribution is -0.378. The van der Waals surface area contributed by atoms with E-state index >= 15 is 0 Å². The van der Waals surface area contributed by atoms with Crippen LogP contribution in [0.5, 0.6) is 0 Å². The van der Waals surface area contributed by atoms with Gasteiger partial charge in [-0.1, -0.05) is 24.3 Å². The number of aromatic nitrogens is 4. The van der Waals surface area contributed by atoms with Gasteiger partial charge in [-0.3, -0.25) is 0 Å². The molecule has 0 aromatic carbocycles. The van der Waals surface area contributed by atoms with Gasteiger partial charge in [0.05, 0.1) is 0 Å². The Morgan fingerprint density at radius 3 is 1.09 bits per heavy atom. The number of pyridine rings is 4. The van der Waals surface area contributed by atoms with Crippen molar-refractivity contribution in [2.24, 2.45) is 11.8 Å². The van der Waals surface area contributed by atoms with E-state index in [1.807, 2.05) is 49.6 Å². The van der Waals surface area contributed by atoms with Crippen molar-refractivity contribution in [2.75, 3.05) is 0 Å². The third-order valence-electron chi connectivity index (χ3n) is 6.43. The average molecular weight is 421 g/mol. The maximum Gasteiger partial charge on any atom is 0.167 e. The molecule has 4 heteroatoms. The highest BCUT2D eigenvalue weighted by Gasteiger charge is 2.49. The van der Waals surface area contributed by atoms with Crippen LogP contribution in [-0.4, -0.2) is 0 Å². The Morgan fingerprint density at radius 2 is 0.750 bits per heavy atom. The molecule has 1 aliphatic rings. The van der Waals surface area contributed by atoms with E-state index in [0.717, 1.165) is 0 Å². The molecule has 0 aliphatic heterocycles. The molecule has 32 heavy (non-hydrogen) atoms. The zero-order valence-corrected chi connectivity index (χ0v) is 17.9. The van der Waals surface area contributed by atoms with Crippen molar-refractivity contribution in [3.05, 3.63) is 133 Å². The molecular weight excluding hydrogens is 392 g/mol. The molecule has 1 fully saturated rings. The molecule has 0 bridgehead atoms. The molecule has 1 aliphatic carbocycles. The standard InChI is InChI=1S/C28H24N4/c1(21-5-13-29-14-6-21)3-25-26(4-2-22-7-15-30-16-8-22)28(24-11-19-32-20-12-24)27(25)23-9-17-31-18-10-23/h1-20,25-28H/p+4/b3-1+,4-2+/t25-,26+,27+,28-. The number of rotatable bonds is 6. The zero-order chi connectivity index (χ0) is 21.6. The first-order valence-electron chi connectivity index (χ1n) is 11.1. The first kappa shape index (κ1) is 20.0. The van der Waals surface area contributed by atoms with E-state index in [2.05, 4.69) is 92.8 Å². The molecule has 0 spiro atoms. The van der Waals surface area contributed by atoms with E-state index in [9.17, 15) is 0 Å². The predicted molar refractivity (Wildman–Crippen MR) is 123 cm³/mol. The number of hydrogen-bond acceptors (Lipinski definition) is 0. The highest BCUT2D eigenvalue weighted by Crippen LogP contribution is 2.59. The van der Waals surface area contributed by atoms with Crippen molar-refractivity contribution in [1.82, 2.24) is 0 Å². The van der Waals surface area contributed by atoms with Crippen LogP contribution in [0, 0.1) is 11.8 Å². The molecule has 0 radical (unpaired) electrons. The number of nitrogens with one attached hydrogen (secondary N) is 4. The van der Waals surface area contributed by atoms with Gasteiger partial charge in [-0.05, 0) is 45.9 Å². The molecule has 5 rings (SSSR count). The summed E-state index contributed by atoms with van der Waals surface area (Å²) in [6.45, 7) is 0. The van der Waals surface area contributed by atoms with Gasteiger partial charge in [0.2, 0.25) is 0 Å². The third-order valence-corrected chi connectivity index (χ3v) is 6.43. The molecule has 4 aromatic heterocycles. The molecule has 4 aromatic rings. The SMILES string of the molecule is C(=C\[C@@H]1[C@H](/C=C/c2cc[nH+]cc2)[C@@H](c2cc[nH+]cc2)[C@H]1c1cc[nH+]cc1)/c1cc[nH+]cc1. The molecule has 4 atom stereocenters. The fourth-order valence-electron chi connectivity index (χ4n) is 4.88. The maximum absolute atomic E-state index is 3.18. The predicted octanol–water partition coefficient (Wildman–Crippen LogP) is 3.48. The smallest absolute Gasteiger partial charge is 0.167 e. The molecule has 4 heterocycles. The lowest BCUT2D eigenvalue weighted by atomic mass is 9.52. The highest BCUT2D eigenvalue weighted by molar-refractivity contribution is 5.53. The van der Waals surface area contributed by atoms with Gasteiger partial charge in [0.25, 0.3) is 0 Å². The molecule has 4 nitrogen and oxygen atoms in total. The van der Waals surface area contributed by atoms with Crippen LogP contribution in [0.3, 0.4) is 0 Å². The van der Waals surface area contributed by atoms with Crippen molar-refractivity contribution >= 4 is 12.2 Å². The summed E-state index contributed by atoms with van der Waals surface area (Å²) in [7, 11) is 0. The molecule has 4 N–H and O–H groups in total. The van der Waals surface area contributed by atoms with Gasteiger partial charge in [-0.25, -0.2) is 19.9 Å². The van der Waals surface area contributed by atoms with Gasteiger partial charge < -0.3 is 0 Å². The first-order chi connectivity index (χ1) is 15.9. The summed E-state index contributed by atoms with van der Waals surface area (Å²) < 4.78 is 0. The van der Waals surface area contributed by atoms with Crippen LogP contribution in [0.25, 0.3) is 12.2 Å².